The Bertz CT molecular complexity index is 1800. The van der Waals surface area contributed by atoms with E-state index in [-0.39, 0.29) is 32.0 Å². The molecule has 0 aromatic carbocycles. The summed E-state index contributed by atoms with van der Waals surface area (Å²) >= 11 is 0. The topological polar surface area (TPSA) is 108 Å². The van der Waals surface area contributed by atoms with Crippen molar-refractivity contribution in [1.29, 1.82) is 0 Å². The standard InChI is InChI=1S/C72H124NO8P/c1-6-8-10-12-14-16-18-20-22-24-26-28-30-32-34-36-38-40-42-44-46-48-50-52-54-56-58-60-62-64-71(74)78-68-70(69-80-82(76,77)79-67-66-73(3,4)5)81-72(75)65-63-61-59-57-55-53-51-49-47-45-43-41-39-37-35-33-31-29-27-25-23-21-19-17-15-13-11-9-7-2/h9,11,15,17,21,23-24,26-27,29,33,35,39,41,45,47,51,53,57,59,70H,6-8,10,12-14,16,18-20,22,25,28,30-32,34,36-38,40,42-44,46,48-50,52,54-56,58,60-69H2,1-5H3/p+1/b11-9-,17-15-,23-21-,26-24-,29-27-,35-33-,41-39-,47-45-,53-51-,59-57-. The zero-order valence-electron chi connectivity index (χ0n) is 53.4. The largest absolute Gasteiger partial charge is 0.472 e. The van der Waals surface area contributed by atoms with Crippen molar-refractivity contribution < 1.29 is 42.1 Å². The number of unbranched alkanes of at least 4 members (excludes halogenated alkanes) is 26. The van der Waals surface area contributed by atoms with Crippen molar-refractivity contribution in [3.8, 4) is 0 Å². The van der Waals surface area contributed by atoms with Crippen LogP contribution >= 0.6 is 7.82 Å². The molecule has 0 aromatic rings. The van der Waals surface area contributed by atoms with E-state index in [9.17, 15) is 19.0 Å². The van der Waals surface area contributed by atoms with Crippen LogP contribution in [0.3, 0.4) is 0 Å². The summed E-state index contributed by atoms with van der Waals surface area (Å²) in [5, 5.41) is 0. The van der Waals surface area contributed by atoms with E-state index in [2.05, 4.69) is 135 Å². The van der Waals surface area contributed by atoms with Gasteiger partial charge < -0.3 is 18.9 Å². The highest BCUT2D eigenvalue weighted by Gasteiger charge is 2.27. The lowest BCUT2D eigenvalue weighted by molar-refractivity contribution is -0.870. The first kappa shape index (κ1) is 78.4. The normalized spacial score (nSPS) is 14.0. The number of esters is 2. The van der Waals surface area contributed by atoms with Crippen molar-refractivity contribution in [2.45, 2.75) is 277 Å². The van der Waals surface area contributed by atoms with Crippen molar-refractivity contribution in [3.63, 3.8) is 0 Å². The minimum atomic E-state index is -4.41. The van der Waals surface area contributed by atoms with Gasteiger partial charge in [-0.05, 0) is 103 Å². The van der Waals surface area contributed by atoms with E-state index in [1.54, 1.807) is 0 Å². The SMILES string of the molecule is CC/C=C\C/C=C\C/C=C\C/C=C\C/C=C\C/C=C\C/C=C\C/C=C\C/C=C\CCCC(=O)OC(COC(=O)CCCCCCCCCCCCCCCCCCC/C=C\CCCCCCCCCC)COP(=O)(O)OCC[N+](C)(C)C. The van der Waals surface area contributed by atoms with Gasteiger partial charge in [0, 0.05) is 12.8 Å². The molecular formula is C72H125NO8P+. The number of carbonyl (C=O) groups is 2. The molecule has 9 nitrogen and oxygen atoms in total. The number of likely N-dealkylation sites (N-methyl/N-ethyl adjacent to an activating group) is 1. The summed E-state index contributed by atoms with van der Waals surface area (Å²) in [7, 11) is 1.43. The number of ether oxygens (including phenoxy) is 2. The summed E-state index contributed by atoms with van der Waals surface area (Å²) in [5.74, 6) is -0.868. The second-order valence-corrected chi connectivity index (χ2v) is 24.6. The Morgan fingerprint density at radius 1 is 0.390 bits per heavy atom. The van der Waals surface area contributed by atoms with Gasteiger partial charge in [0.25, 0.3) is 0 Å². The number of rotatable bonds is 60. The Balaban J connectivity index is 4.20. The van der Waals surface area contributed by atoms with Crippen LogP contribution < -0.4 is 0 Å². The first-order chi connectivity index (χ1) is 40.0. The smallest absolute Gasteiger partial charge is 0.462 e. The summed E-state index contributed by atoms with van der Waals surface area (Å²) in [4.78, 5) is 35.8. The van der Waals surface area contributed by atoms with E-state index in [4.69, 9.17) is 18.5 Å². The zero-order chi connectivity index (χ0) is 59.8. The summed E-state index contributed by atoms with van der Waals surface area (Å²) < 4.78 is 34.6. The Morgan fingerprint density at radius 2 is 0.707 bits per heavy atom. The lowest BCUT2D eigenvalue weighted by Gasteiger charge is -2.24. The van der Waals surface area contributed by atoms with Crippen LogP contribution in [-0.4, -0.2) is 74.9 Å². The minimum Gasteiger partial charge on any atom is -0.462 e. The highest BCUT2D eigenvalue weighted by molar-refractivity contribution is 7.47. The number of phosphoric acid groups is 1. The molecule has 0 spiro atoms. The number of quaternary nitrogens is 1. The van der Waals surface area contributed by atoms with Crippen LogP contribution in [0.1, 0.15) is 271 Å². The summed E-state index contributed by atoms with van der Waals surface area (Å²) in [5.41, 5.74) is 0. The van der Waals surface area contributed by atoms with Gasteiger partial charge in [0.2, 0.25) is 0 Å². The Hall–Kier alpha value is -3.59. The van der Waals surface area contributed by atoms with Crippen molar-refractivity contribution in [1.82, 2.24) is 0 Å². The number of carbonyl (C=O) groups excluding carboxylic acids is 2. The Labute approximate surface area is 505 Å². The third-order valence-electron chi connectivity index (χ3n) is 14.0. The average molecular weight is 1160 g/mol. The maximum absolute atomic E-state index is 12.8. The van der Waals surface area contributed by atoms with Crippen LogP contribution in [0.5, 0.6) is 0 Å². The van der Waals surface area contributed by atoms with Gasteiger partial charge in [0.1, 0.15) is 19.8 Å². The quantitative estimate of drug-likeness (QED) is 0.0211. The monoisotopic (exact) mass is 1160 g/mol. The van der Waals surface area contributed by atoms with Crippen LogP contribution in [0.4, 0.5) is 0 Å². The predicted molar refractivity (Wildman–Crippen MR) is 353 cm³/mol. The molecule has 0 rings (SSSR count). The molecule has 0 aliphatic carbocycles. The lowest BCUT2D eigenvalue weighted by atomic mass is 10.0. The van der Waals surface area contributed by atoms with Gasteiger partial charge in [-0.15, -0.1) is 0 Å². The number of hydrogen-bond donors (Lipinski definition) is 1. The van der Waals surface area contributed by atoms with Gasteiger partial charge in [-0.2, -0.15) is 0 Å². The first-order valence-electron chi connectivity index (χ1n) is 33.3. The van der Waals surface area contributed by atoms with Gasteiger partial charge in [0.05, 0.1) is 27.7 Å². The summed E-state index contributed by atoms with van der Waals surface area (Å²) in [6.45, 7) is 4.26. The maximum atomic E-state index is 12.8. The minimum absolute atomic E-state index is 0.0152. The van der Waals surface area contributed by atoms with E-state index in [0.29, 0.717) is 23.9 Å². The molecule has 1 N–H and O–H groups in total. The van der Waals surface area contributed by atoms with Gasteiger partial charge in [-0.25, -0.2) is 4.57 Å². The second kappa shape index (κ2) is 62.0. The average Bonchev–Trinajstić information content (AvgIpc) is 3.45. The molecule has 0 aliphatic rings. The van der Waals surface area contributed by atoms with E-state index in [0.717, 1.165) is 77.0 Å². The van der Waals surface area contributed by atoms with Gasteiger partial charge >= 0.3 is 19.8 Å². The highest BCUT2D eigenvalue weighted by atomic mass is 31.2. The third kappa shape index (κ3) is 65.6. The number of hydrogen-bond acceptors (Lipinski definition) is 7. The van der Waals surface area contributed by atoms with Crippen molar-refractivity contribution in [3.05, 3.63) is 122 Å². The number of phosphoric ester groups is 1. The van der Waals surface area contributed by atoms with Crippen LogP contribution in [-0.2, 0) is 32.7 Å². The van der Waals surface area contributed by atoms with E-state index in [1.807, 2.05) is 21.1 Å². The lowest BCUT2D eigenvalue weighted by Crippen LogP contribution is -2.37. The predicted octanol–water partition coefficient (Wildman–Crippen LogP) is 21.5. The van der Waals surface area contributed by atoms with Gasteiger partial charge in [-0.3, -0.25) is 18.6 Å². The van der Waals surface area contributed by atoms with E-state index >= 15 is 0 Å². The molecule has 0 heterocycles. The van der Waals surface area contributed by atoms with Crippen molar-refractivity contribution in [2.75, 3.05) is 47.5 Å². The third-order valence-corrected chi connectivity index (χ3v) is 15.0. The molecule has 0 bridgehead atoms. The van der Waals surface area contributed by atoms with Crippen LogP contribution in [0.25, 0.3) is 0 Å². The van der Waals surface area contributed by atoms with Crippen molar-refractivity contribution >= 4 is 19.8 Å². The zero-order valence-corrected chi connectivity index (χ0v) is 54.3. The van der Waals surface area contributed by atoms with E-state index < -0.39 is 26.5 Å². The molecular weight excluding hydrogens is 1040 g/mol. The van der Waals surface area contributed by atoms with Gasteiger partial charge in [-0.1, -0.05) is 277 Å². The molecule has 2 unspecified atom stereocenters. The maximum Gasteiger partial charge on any atom is 0.472 e. The second-order valence-electron chi connectivity index (χ2n) is 23.1. The molecule has 0 fully saturated rings. The molecule has 0 saturated carbocycles. The fourth-order valence-electron chi connectivity index (χ4n) is 8.90. The molecule has 2 atom stereocenters. The molecule has 10 heteroatoms. The number of allylic oxidation sites excluding steroid dienone is 20. The molecule has 470 valence electrons. The number of nitrogens with zero attached hydrogens (tertiary/aromatic N) is 1. The molecule has 0 amide bonds. The summed E-state index contributed by atoms with van der Waals surface area (Å²) in [6.07, 6.45) is 88.8. The van der Waals surface area contributed by atoms with Crippen LogP contribution in [0.2, 0.25) is 0 Å². The van der Waals surface area contributed by atoms with Crippen LogP contribution in [0.15, 0.2) is 122 Å². The van der Waals surface area contributed by atoms with Crippen molar-refractivity contribution in [2.24, 2.45) is 0 Å². The fraction of sp³-hybridized carbons (Fsp3) is 0.694. The molecule has 82 heavy (non-hydrogen) atoms. The fourth-order valence-corrected chi connectivity index (χ4v) is 9.64. The van der Waals surface area contributed by atoms with Gasteiger partial charge in [0.15, 0.2) is 6.10 Å². The van der Waals surface area contributed by atoms with Crippen LogP contribution in [0, 0.1) is 0 Å². The highest BCUT2D eigenvalue weighted by Crippen LogP contribution is 2.43. The summed E-state index contributed by atoms with van der Waals surface area (Å²) in [6, 6.07) is 0. The van der Waals surface area contributed by atoms with E-state index in [1.165, 1.54) is 154 Å². The molecule has 0 radical (unpaired) electrons. The first-order valence-corrected chi connectivity index (χ1v) is 34.8. The molecule has 0 saturated heterocycles. The molecule has 0 aromatic heterocycles. The molecule has 0 aliphatic heterocycles. The Morgan fingerprint density at radius 3 is 1.09 bits per heavy atom. The Kier molecular flexibility index (Phi) is 59.2.